The smallest absolute Gasteiger partial charge is 0.146 e. The third-order valence-corrected chi connectivity index (χ3v) is 3.10. The lowest BCUT2D eigenvalue weighted by Gasteiger charge is -2.01. The van der Waals surface area contributed by atoms with E-state index >= 15 is 0 Å². The van der Waals surface area contributed by atoms with Gasteiger partial charge in [0.05, 0.1) is 11.7 Å². The summed E-state index contributed by atoms with van der Waals surface area (Å²) in [5.74, 6) is 0.975. The van der Waals surface area contributed by atoms with E-state index in [1.165, 1.54) is 0 Å². The maximum Gasteiger partial charge on any atom is 0.146 e. The van der Waals surface area contributed by atoms with Gasteiger partial charge in [0, 0.05) is 18.0 Å². The molecule has 0 saturated carbocycles. The molecule has 0 amide bonds. The fourth-order valence-corrected chi connectivity index (χ4v) is 2.23. The van der Waals surface area contributed by atoms with Crippen LogP contribution in [0.2, 0.25) is 0 Å². The highest BCUT2D eigenvalue weighted by atomic mass is 79.9. The Morgan fingerprint density at radius 1 is 1.12 bits per heavy atom. The van der Waals surface area contributed by atoms with Crippen molar-refractivity contribution in [2.24, 2.45) is 0 Å². The van der Waals surface area contributed by atoms with Crippen molar-refractivity contribution in [3.63, 3.8) is 0 Å². The lowest BCUT2D eigenvalue weighted by molar-refractivity contribution is 0.472. The SMILES string of the molecule is Oc1ccc2c(Br)nc(-c3ccncc3)n2c1. The zero-order valence-electron chi connectivity index (χ0n) is 8.71. The minimum Gasteiger partial charge on any atom is -0.506 e. The Bertz CT molecular complexity index is 679. The molecule has 0 aliphatic heterocycles. The lowest BCUT2D eigenvalue weighted by Crippen LogP contribution is -1.88. The van der Waals surface area contributed by atoms with Gasteiger partial charge in [-0.05, 0) is 40.2 Å². The first-order valence-electron chi connectivity index (χ1n) is 5.02. The van der Waals surface area contributed by atoms with Crippen LogP contribution in [0.1, 0.15) is 0 Å². The van der Waals surface area contributed by atoms with E-state index in [9.17, 15) is 5.11 Å². The number of hydrogen-bond donors (Lipinski definition) is 1. The van der Waals surface area contributed by atoms with E-state index in [4.69, 9.17) is 0 Å². The molecular formula is C12H8BrN3O. The molecule has 0 atom stereocenters. The molecule has 0 aliphatic carbocycles. The van der Waals surface area contributed by atoms with Gasteiger partial charge < -0.3 is 5.11 Å². The van der Waals surface area contributed by atoms with Crippen LogP contribution in [0.25, 0.3) is 16.9 Å². The van der Waals surface area contributed by atoms with Gasteiger partial charge in [-0.3, -0.25) is 9.38 Å². The monoisotopic (exact) mass is 289 g/mol. The van der Waals surface area contributed by atoms with Crippen LogP contribution in [0.4, 0.5) is 0 Å². The first kappa shape index (κ1) is 10.3. The maximum atomic E-state index is 9.53. The predicted octanol–water partition coefficient (Wildman–Crippen LogP) is 2.86. The lowest BCUT2D eigenvalue weighted by atomic mass is 10.2. The maximum absolute atomic E-state index is 9.53. The normalized spacial score (nSPS) is 10.9. The highest BCUT2D eigenvalue weighted by Gasteiger charge is 2.10. The van der Waals surface area contributed by atoms with Gasteiger partial charge in [-0.1, -0.05) is 0 Å². The number of imidazole rings is 1. The minimum absolute atomic E-state index is 0.206. The molecule has 5 heteroatoms. The molecule has 0 unspecified atom stereocenters. The van der Waals surface area contributed by atoms with E-state index in [-0.39, 0.29) is 5.75 Å². The van der Waals surface area contributed by atoms with E-state index < -0.39 is 0 Å². The largest absolute Gasteiger partial charge is 0.506 e. The quantitative estimate of drug-likeness (QED) is 0.749. The Morgan fingerprint density at radius 2 is 1.88 bits per heavy atom. The van der Waals surface area contributed by atoms with Crippen LogP contribution in [-0.2, 0) is 0 Å². The fraction of sp³-hybridized carbons (Fsp3) is 0. The summed E-state index contributed by atoms with van der Waals surface area (Å²) in [5, 5.41) is 9.53. The Morgan fingerprint density at radius 3 is 2.65 bits per heavy atom. The van der Waals surface area contributed by atoms with E-state index in [1.807, 2.05) is 22.6 Å². The third kappa shape index (κ3) is 1.68. The summed E-state index contributed by atoms with van der Waals surface area (Å²) in [4.78, 5) is 8.42. The number of pyridine rings is 2. The second-order valence-corrected chi connectivity index (χ2v) is 4.36. The topological polar surface area (TPSA) is 50.4 Å². The molecule has 0 bridgehead atoms. The highest BCUT2D eigenvalue weighted by molar-refractivity contribution is 9.10. The van der Waals surface area contributed by atoms with Gasteiger partial charge in [-0.25, -0.2) is 4.98 Å². The molecule has 17 heavy (non-hydrogen) atoms. The molecule has 3 aromatic heterocycles. The molecule has 3 aromatic rings. The fourth-order valence-electron chi connectivity index (χ4n) is 1.74. The van der Waals surface area contributed by atoms with Crippen molar-refractivity contribution in [2.75, 3.05) is 0 Å². The molecule has 1 N–H and O–H groups in total. The zero-order chi connectivity index (χ0) is 11.8. The number of hydrogen-bond acceptors (Lipinski definition) is 3. The van der Waals surface area contributed by atoms with Crippen molar-refractivity contribution in [2.45, 2.75) is 0 Å². The molecule has 3 rings (SSSR count). The van der Waals surface area contributed by atoms with Crippen LogP contribution >= 0.6 is 15.9 Å². The van der Waals surface area contributed by atoms with Crippen molar-refractivity contribution in [1.29, 1.82) is 0 Å². The Balaban J connectivity index is 2.34. The summed E-state index contributed by atoms with van der Waals surface area (Å²) < 4.78 is 2.60. The van der Waals surface area contributed by atoms with E-state index in [1.54, 1.807) is 24.7 Å². The number of rotatable bonds is 1. The second-order valence-electron chi connectivity index (χ2n) is 3.60. The van der Waals surface area contributed by atoms with E-state index in [2.05, 4.69) is 25.9 Å². The summed E-state index contributed by atoms with van der Waals surface area (Å²) in [5.41, 5.74) is 1.86. The summed E-state index contributed by atoms with van der Waals surface area (Å²) >= 11 is 3.41. The van der Waals surface area contributed by atoms with Crippen molar-refractivity contribution < 1.29 is 5.11 Å². The van der Waals surface area contributed by atoms with Crippen LogP contribution in [0, 0.1) is 0 Å². The summed E-state index contributed by atoms with van der Waals surface area (Å²) in [6.07, 6.45) is 5.07. The van der Waals surface area contributed by atoms with Crippen LogP contribution in [0.3, 0.4) is 0 Å². The minimum atomic E-state index is 0.206. The molecule has 0 spiro atoms. The van der Waals surface area contributed by atoms with Gasteiger partial charge >= 0.3 is 0 Å². The summed E-state index contributed by atoms with van der Waals surface area (Å²) in [7, 11) is 0. The molecule has 0 radical (unpaired) electrons. The van der Waals surface area contributed by atoms with Crippen molar-refractivity contribution >= 4 is 21.4 Å². The van der Waals surface area contributed by atoms with Crippen LogP contribution in [-0.4, -0.2) is 19.5 Å². The number of halogens is 1. The first-order valence-corrected chi connectivity index (χ1v) is 5.82. The number of aromatic nitrogens is 3. The number of aromatic hydroxyl groups is 1. The van der Waals surface area contributed by atoms with Crippen LogP contribution < -0.4 is 0 Å². The van der Waals surface area contributed by atoms with Gasteiger partial charge in [0.15, 0.2) is 0 Å². The molecule has 84 valence electrons. The summed E-state index contributed by atoms with van der Waals surface area (Å²) in [6.45, 7) is 0. The van der Waals surface area contributed by atoms with Crippen LogP contribution in [0.15, 0.2) is 47.5 Å². The molecule has 0 saturated heterocycles. The molecule has 0 aliphatic rings. The predicted molar refractivity (Wildman–Crippen MR) is 67.8 cm³/mol. The Labute approximate surface area is 106 Å². The highest BCUT2D eigenvalue weighted by Crippen LogP contribution is 2.27. The molecule has 0 fully saturated rings. The Hall–Kier alpha value is -1.88. The van der Waals surface area contributed by atoms with E-state index in [0.717, 1.165) is 21.5 Å². The Kier molecular flexibility index (Phi) is 2.33. The third-order valence-electron chi connectivity index (χ3n) is 2.51. The van der Waals surface area contributed by atoms with Crippen molar-refractivity contribution in [3.05, 3.63) is 47.5 Å². The molecule has 3 heterocycles. The first-order chi connectivity index (χ1) is 8.25. The van der Waals surface area contributed by atoms with Crippen LogP contribution in [0.5, 0.6) is 5.75 Å². The van der Waals surface area contributed by atoms with Gasteiger partial charge in [-0.15, -0.1) is 0 Å². The molecule has 4 nitrogen and oxygen atoms in total. The van der Waals surface area contributed by atoms with Crippen molar-refractivity contribution in [1.82, 2.24) is 14.4 Å². The standard InChI is InChI=1S/C12H8BrN3O/c13-11-10-2-1-9(17)7-16(10)12(15-11)8-3-5-14-6-4-8/h1-7,17H. The van der Waals surface area contributed by atoms with E-state index in [0.29, 0.717) is 0 Å². The van der Waals surface area contributed by atoms with Gasteiger partial charge in [0.1, 0.15) is 16.2 Å². The zero-order valence-corrected chi connectivity index (χ0v) is 10.3. The molecular weight excluding hydrogens is 282 g/mol. The molecule has 0 aromatic carbocycles. The average molecular weight is 290 g/mol. The number of nitrogens with zero attached hydrogens (tertiary/aromatic N) is 3. The number of fused-ring (bicyclic) bond motifs is 1. The van der Waals surface area contributed by atoms with Gasteiger partial charge in [0.2, 0.25) is 0 Å². The average Bonchev–Trinajstić information content (AvgIpc) is 2.67. The summed E-state index contributed by atoms with van der Waals surface area (Å²) in [6, 6.07) is 7.21. The van der Waals surface area contributed by atoms with Crippen molar-refractivity contribution in [3.8, 4) is 17.1 Å². The second kappa shape index (κ2) is 3.85. The van der Waals surface area contributed by atoms with Gasteiger partial charge in [-0.2, -0.15) is 0 Å². The van der Waals surface area contributed by atoms with Gasteiger partial charge in [0.25, 0.3) is 0 Å².